The first-order valence-electron chi connectivity index (χ1n) is 16.8. The van der Waals surface area contributed by atoms with Gasteiger partial charge < -0.3 is 9.15 Å². The van der Waals surface area contributed by atoms with Crippen LogP contribution in [-0.2, 0) is 5.41 Å². The van der Waals surface area contributed by atoms with Gasteiger partial charge in [-0.1, -0.05) is 98.3 Å². The van der Waals surface area contributed by atoms with Crippen molar-refractivity contribution >= 4 is 27.5 Å². The molecule has 10 rings (SSSR count). The molecule has 2 unspecified atom stereocenters. The van der Waals surface area contributed by atoms with Gasteiger partial charge in [0.15, 0.2) is 5.82 Å². The van der Waals surface area contributed by atoms with Gasteiger partial charge in [-0.05, 0) is 60.4 Å². The standard InChI is InChI=1S/C43H33N3O2/c1-24-39(25-11-5-4-6-12-25)45-41(26-17-20-37-31(21-26)28-14-8-10-16-36(28)47-37)46-40(24)35-19-18-29-32-22-34-30(23-38(32)48-42(29)44-35)27-13-7-9-15-33(27)43(34,2)3/h4-21,32,38H,22-23H2,1-3H3. The van der Waals surface area contributed by atoms with Gasteiger partial charge >= 0.3 is 0 Å². The zero-order chi connectivity index (χ0) is 32.1. The fourth-order valence-corrected chi connectivity index (χ4v) is 8.47. The Bertz CT molecular complexity index is 2490. The van der Waals surface area contributed by atoms with Crippen molar-refractivity contribution in [1.29, 1.82) is 0 Å². The third-order valence-electron chi connectivity index (χ3n) is 10.9. The fraction of sp³-hybridized carbons (Fsp3) is 0.186. The molecule has 4 heterocycles. The van der Waals surface area contributed by atoms with Crippen LogP contribution in [0.25, 0.3) is 61.5 Å². The molecule has 5 nitrogen and oxygen atoms in total. The predicted molar refractivity (Wildman–Crippen MR) is 191 cm³/mol. The van der Waals surface area contributed by atoms with E-state index in [0.29, 0.717) is 11.7 Å². The highest BCUT2D eigenvalue weighted by molar-refractivity contribution is 6.06. The van der Waals surface area contributed by atoms with Crippen LogP contribution < -0.4 is 4.74 Å². The second kappa shape index (κ2) is 9.98. The number of allylic oxidation sites excluding steroid dienone is 1. The van der Waals surface area contributed by atoms with Crippen molar-refractivity contribution in [3.05, 3.63) is 137 Å². The molecule has 0 spiro atoms. The molecule has 2 atom stereocenters. The molecule has 3 aliphatic rings. The summed E-state index contributed by atoms with van der Waals surface area (Å²) in [7, 11) is 0. The van der Waals surface area contributed by atoms with Crippen molar-refractivity contribution in [2.24, 2.45) is 0 Å². The van der Waals surface area contributed by atoms with E-state index in [1.807, 2.05) is 48.5 Å². The largest absolute Gasteiger partial charge is 0.473 e. The van der Waals surface area contributed by atoms with Crippen LogP contribution in [-0.4, -0.2) is 21.1 Å². The minimum atomic E-state index is 0.0289. The molecule has 7 aromatic rings. The zero-order valence-corrected chi connectivity index (χ0v) is 27.1. The molecule has 0 radical (unpaired) electrons. The Morgan fingerprint density at radius 3 is 2.35 bits per heavy atom. The van der Waals surface area contributed by atoms with Crippen molar-refractivity contribution in [3.63, 3.8) is 0 Å². The highest BCUT2D eigenvalue weighted by Gasteiger charge is 2.47. The van der Waals surface area contributed by atoms with Crippen LogP contribution in [0, 0.1) is 6.92 Å². The molecule has 5 heteroatoms. The summed E-state index contributed by atoms with van der Waals surface area (Å²) in [5.74, 6) is 1.69. The first-order valence-corrected chi connectivity index (χ1v) is 16.8. The van der Waals surface area contributed by atoms with E-state index in [1.54, 1.807) is 5.57 Å². The van der Waals surface area contributed by atoms with Gasteiger partial charge in [-0.25, -0.2) is 15.0 Å². The molecular weight excluding hydrogens is 590 g/mol. The molecule has 48 heavy (non-hydrogen) atoms. The summed E-state index contributed by atoms with van der Waals surface area (Å²) >= 11 is 0. The van der Waals surface area contributed by atoms with E-state index in [2.05, 4.69) is 81.4 Å². The van der Waals surface area contributed by atoms with Crippen LogP contribution in [0.2, 0.25) is 0 Å². The SMILES string of the molecule is Cc1c(-c2ccccc2)nc(-c2ccc3oc4ccccc4c3c2)nc1-c1ccc2c(n1)OC1CC3=C(CC21)C(C)(C)c1ccccc13. The molecule has 0 saturated heterocycles. The Kier molecular flexibility index (Phi) is 5.73. The number of hydrogen-bond acceptors (Lipinski definition) is 5. The van der Waals surface area contributed by atoms with Crippen LogP contribution in [0.5, 0.6) is 5.88 Å². The predicted octanol–water partition coefficient (Wildman–Crippen LogP) is 10.5. The van der Waals surface area contributed by atoms with Crippen molar-refractivity contribution in [1.82, 2.24) is 15.0 Å². The molecule has 3 aromatic heterocycles. The average Bonchev–Trinajstić information content (AvgIpc) is 3.75. The number of rotatable bonds is 3. The lowest BCUT2D eigenvalue weighted by molar-refractivity contribution is 0.197. The van der Waals surface area contributed by atoms with E-state index in [4.69, 9.17) is 24.1 Å². The Morgan fingerprint density at radius 2 is 1.46 bits per heavy atom. The number of fused-ring (bicyclic) bond motifs is 8. The Morgan fingerprint density at radius 1 is 0.688 bits per heavy atom. The summed E-state index contributed by atoms with van der Waals surface area (Å²) in [6, 6.07) is 37.9. The topological polar surface area (TPSA) is 61.0 Å². The van der Waals surface area contributed by atoms with Crippen molar-refractivity contribution in [3.8, 4) is 39.9 Å². The number of pyridine rings is 1. The van der Waals surface area contributed by atoms with Gasteiger partial charge in [0.25, 0.3) is 0 Å². The monoisotopic (exact) mass is 623 g/mol. The fourth-order valence-electron chi connectivity index (χ4n) is 8.47. The zero-order valence-electron chi connectivity index (χ0n) is 27.1. The molecule has 0 fully saturated rings. The maximum absolute atomic E-state index is 6.72. The number of furan rings is 1. The van der Waals surface area contributed by atoms with Crippen LogP contribution in [0.3, 0.4) is 0 Å². The minimum absolute atomic E-state index is 0.0289. The smallest absolute Gasteiger partial charge is 0.217 e. The summed E-state index contributed by atoms with van der Waals surface area (Å²) in [4.78, 5) is 15.6. The maximum Gasteiger partial charge on any atom is 0.217 e. The summed E-state index contributed by atoms with van der Waals surface area (Å²) in [5.41, 5.74) is 14.3. The summed E-state index contributed by atoms with van der Waals surface area (Å²) in [6.07, 6.45) is 1.99. The lowest BCUT2D eigenvalue weighted by atomic mass is 9.72. The van der Waals surface area contributed by atoms with E-state index >= 15 is 0 Å². The summed E-state index contributed by atoms with van der Waals surface area (Å²) in [5, 5.41) is 2.13. The van der Waals surface area contributed by atoms with E-state index in [9.17, 15) is 0 Å². The van der Waals surface area contributed by atoms with Crippen LogP contribution in [0.4, 0.5) is 0 Å². The van der Waals surface area contributed by atoms with Gasteiger partial charge in [0.05, 0.1) is 17.1 Å². The highest BCUT2D eigenvalue weighted by Crippen LogP contribution is 2.57. The molecule has 232 valence electrons. The van der Waals surface area contributed by atoms with Crippen molar-refractivity contribution < 1.29 is 9.15 Å². The van der Waals surface area contributed by atoms with Crippen LogP contribution in [0.15, 0.2) is 119 Å². The van der Waals surface area contributed by atoms with E-state index in [-0.39, 0.29) is 11.5 Å². The third kappa shape index (κ3) is 3.94. The third-order valence-corrected chi connectivity index (χ3v) is 10.9. The second-order valence-electron chi connectivity index (χ2n) is 13.9. The minimum Gasteiger partial charge on any atom is -0.473 e. The molecule has 0 saturated carbocycles. The average molecular weight is 624 g/mol. The van der Waals surface area contributed by atoms with Gasteiger partial charge in [-0.15, -0.1) is 0 Å². The van der Waals surface area contributed by atoms with Crippen LogP contribution >= 0.6 is 0 Å². The number of ether oxygens (including phenoxy) is 1. The van der Waals surface area contributed by atoms with Gasteiger partial charge in [0, 0.05) is 50.8 Å². The van der Waals surface area contributed by atoms with Gasteiger partial charge in [-0.3, -0.25) is 0 Å². The van der Waals surface area contributed by atoms with Crippen molar-refractivity contribution in [2.45, 2.75) is 51.0 Å². The van der Waals surface area contributed by atoms with E-state index < -0.39 is 0 Å². The number of aromatic nitrogens is 3. The molecule has 0 N–H and O–H groups in total. The lowest BCUT2D eigenvalue weighted by Gasteiger charge is -2.32. The number of para-hydroxylation sites is 1. The van der Waals surface area contributed by atoms with Gasteiger partial charge in [-0.2, -0.15) is 0 Å². The van der Waals surface area contributed by atoms with E-state index in [0.717, 1.165) is 74.4 Å². The highest BCUT2D eigenvalue weighted by atomic mass is 16.5. The number of benzene rings is 4. The Labute approximate surface area is 279 Å². The molecule has 0 bridgehead atoms. The first kappa shape index (κ1) is 27.6. The molecule has 0 amide bonds. The molecule has 1 aliphatic heterocycles. The van der Waals surface area contributed by atoms with Gasteiger partial charge in [0.1, 0.15) is 17.3 Å². The summed E-state index contributed by atoms with van der Waals surface area (Å²) < 4.78 is 12.8. The number of hydrogen-bond donors (Lipinski definition) is 0. The van der Waals surface area contributed by atoms with E-state index in [1.165, 1.54) is 22.3 Å². The molecule has 2 aliphatic carbocycles. The number of nitrogens with zero attached hydrogens (tertiary/aromatic N) is 3. The quantitative estimate of drug-likeness (QED) is 0.196. The van der Waals surface area contributed by atoms with Gasteiger partial charge in [0.2, 0.25) is 5.88 Å². The van der Waals surface area contributed by atoms with Crippen LogP contribution in [0.1, 0.15) is 54.9 Å². The summed E-state index contributed by atoms with van der Waals surface area (Å²) in [6.45, 7) is 6.84. The second-order valence-corrected chi connectivity index (χ2v) is 13.9. The molecule has 4 aromatic carbocycles. The normalized spacial score (nSPS) is 18.8. The molecular formula is C43H33N3O2. The maximum atomic E-state index is 6.72. The Hall–Kier alpha value is -5.55. The van der Waals surface area contributed by atoms with Crippen molar-refractivity contribution in [2.75, 3.05) is 0 Å². The first-order chi connectivity index (χ1) is 23.4. The Balaban J connectivity index is 1.07. The lowest BCUT2D eigenvalue weighted by Crippen LogP contribution is -2.27.